The van der Waals surface area contributed by atoms with Crippen molar-refractivity contribution in [3.63, 3.8) is 0 Å². The summed E-state index contributed by atoms with van der Waals surface area (Å²) in [5.74, 6) is 7.26. The minimum absolute atomic E-state index is 0.339. The first kappa shape index (κ1) is 13.4. The van der Waals surface area contributed by atoms with Gasteiger partial charge in [0.1, 0.15) is 17.8 Å². The van der Waals surface area contributed by atoms with E-state index in [2.05, 4.69) is 36.7 Å². The molecular formula is C13H11BrN6O. The Morgan fingerprint density at radius 2 is 2.05 bits per heavy atom. The number of hydrogen-bond acceptors (Lipinski definition) is 6. The molecular weight excluding hydrogens is 336 g/mol. The van der Waals surface area contributed by atoms with Gasteiger partial charge in [0.05, 0.1) is 6.21 Å². The van der Waals surface area contributed by atoms with Gasteiger partial charge in [-0.15, -0.1) is 10.2 Å². The average Bonchev–Trinajstić information content (AvgIpc) is 3.10. The first-order valence-electron chi connectivity index (χ1n) is 6.02. The lowest BCUT2D eigenvalue weighted by Gasteiger charge is -1.97. The summed E-state index contributed by atoms with van der Waals surface area (Å²) in [5.41, 5.74) is 3.66. The average molecular weight is 347 g/mol. The Morgan fingerprint density at radius 1 is 1.24 bits per heavy atom. The van der Waals surface area contributed by atoms with Crippen molar-refractivity contribution in [2.24, 2.45) is 5.10 Å². The van der Waals surface area contributed by atoms with Crippen LogP contribution < -0.4 is 11.3 Å². The predicted molar refractivity (Wildman–Crippen MR) is 83.2 cm³/mol. The van der Waals surface area contributed by atoms with E-state index in [-0.39, 0.29) is 0 Å². The van der Waals surface area contributed by atoms with Gasteiger partial charge in [-0.05, 0) is 24.3 Å². The quantitative estimate of drug-likeness (QED) is 0.430. The molecule has 0 saturated carbocycles. The predicted octanol–water partition coefficient (Wildman–Crippen LogP) is 2.46. The van der Waals surface area contributed by atoms with Gasteiger partial charge in [-0.25, -0.2) is 10.1 Å². The molecule has 0 unspecified atom stereocenters. The zero-order valence-corrected chi connectivity index (χ0v) is 12.4. The standard InChI is InChI=1S/C13H11BrN6O/c14-10-3-1-9(2-4-10)12-6-5-11(21-12)7-16-18-13-19-17-8-20(13)15/h1-8H,15H2,(H,18,19). The van der Waals surface area contributed by atoms with Gasteiger partial charge < -0.3 is 10.3 Å². The first-order chi connectivity index (χ1) is 10.2. The molecule has 0 atom stereocenters. The van der Waals surface area contributed by atoms with E-state index >= 15 is 0 Å². The number of hydrogen-bond donors (Lipinski definition) is 2. The topological polar surface area (TPSA) is 94.3 Å². The monoisotopic (exact) mass is 346 g/mol. The number of halogens is 1. The van der Waals surface area contributed by atoms with E-state index in [4.69, 9.17) is 10.3 Å². The Labute approximate surface area is 128 Å². The molecule has 7 nitrogen and oxygen atoms in total. The molecule has 8 heteroatoms. The molecule has 21 heavy (non-hydrogen) atoms. The van der Waals surface area contributed by atoms with Gasteiger partial charge in [-0.1, -0.05) is 28.1 Å². The highest BCUT2D eigenvalue weighted by molar-refractivity contribution is 9.10. The Bertz CT molecular complexity index is 761. The summed E-state index contributed by atoms with van der Waals surface area (Å²) in [5, 5.41) is 11.3. The van der Waals surface area contributed by atoms with Gasteiger partial charge in [0.2, 0.25) is 0 Å². The van der Waals surface area contributed by atoms with E-state index in [1.165, 1.54) is 17.2 Å². The summed E-state index contributed by atoms with van der Waals surface area (Å²) in [6.45, 7) is 0. The van der Waals surface area contributed by atoms with Crippen molar-refractivity contribution in [2.45, 2.75) is 0 Å². The number of anilines is 1. The van der Waals surface area contributed by atoms with Gasteiger partial charge in [0.15, 0.2) is 0 Å². The fraction of sp³-hybridized carbons (Fsp3) is 0. The second kappa shape index (κ2) is 5.80. The van der Waals surface area contributed by atoms with Crippen molar-refractivity contribution < 1.29 is 4.42 Å². The molecule has 0 radical (unpaired) electrons. The van der Waals surface area contributed by atoms with Gasteiger partial charge in [0, 0.05) is 10.0 Å². The highest BCUT2D eigenvalue weighted by atomic mass is 79.9. The molecule has 0 spiro atoms. The molecule has 0 amide bonds. The second-order valence-electron chi connectivity index (χ2n) is 4.14. The summed E-state index contributed by atoms with van der Waals surface area (Å²) in [4.78, 5) is 0. The van der Waals surface area contributed by atoms with Crippen molar-refractivity contribution in [2.75, 3.05) is 11.3 Å². The lowest BCUT2D eigenvalue weighted by Crippen LogP contribution is -2.10. The molecule has 1 aromatic carbocycles. The maximum atomic E-state index is 5.68. The van der Waals surface area contributed by atoms with E-state index in [0.29, 0.717) is 11.7 Å². The SMILES string of the molecule is Nn1cnnc1NN=Cc1ccc(-c2ccc(Br)cc2)o1. The Hall–Kier alpha value is -2.61. The van der Waals surface area contributed by atoms with E-state index in [1.807, 2.05) is 36.4 Å². The maximum absolute atomic E-state index is 5.68. The number of hydrazone groups is 1. The van der Waals surface area contributed by atoms with Crippen LogP contribution in [0.2, 0.25) is 0 Å². The van der Waals surface area contributed by atoms with Gasteiger partial charge in [-0.2, -0.15) is 5.10 Å². The van der Waals surface area contributed by atoms with E-state index in [0.717, 1.165) is 15.8 Å². The minimum Gasteiger partial charge on any atom is -0.455 e. The van der Waals surface area contributed by atoms with Crippen LogP contribution in [-0.4, -0.2) is 21.1 Å². The molecule has 0 aliphatic carbocycles. The van der Waals surface area contributed by atoms with Crippen molar-refractivity contribution in [1.82, 2.24) is 14.9 Å². The third kappa shape index (κ3) is 3.11. The van der Waals surface area contributed by atoms with Crippen LogP contribution in [0.3, 0.4) is 0 Å². The van der Waals surface area contributed by atoms with Crippen molar-refractivity contribution in [1.29, 1.82) is 0 Å². The molecule has 3 N–H and O–H groups in total. The summed E-state index contributed by atoms with van der Waals surface area (Å²) in [6, 6.07) is 11.6. The fourth-order valence-electron chi connectivity index (χ4n) is 1.67. The molecule has 0 aliphatic rings. The lowest BCUT2D eigenvalue weighted by atomic mass is 10.2. The van der Waals surface area contributed by atoms with Crippen molar-refractivity contribution in [3.8, 4) is 11.3 Å². The van der Waals surface area contributed by atoms with Crippen LogP contribution in [0.15, 0.2) is 56.7 Å². The van der Waals surface area contributed by atoms with Crippen LogP contribution in [0.4, 0.5) is 5.95 Å². The Kier molecular flexibility index (Phi) is 3.69. The molecule has 2 aromatic heterocycles. The zero-order valence-electron chi connectivity index (χ0n) is 10.8. The van der Waals surface area contributed by atoms with Crippen molar-refractivity contribution in [3.05, 3.63) is 53.0 Å². The summed E-state index contributed by atoms with van der Waals surface area (Å²) >= 11 is 3.40. The van der Waals surface area contributed by atoms with Crippen LogP contribution >= 0.6 is 15.9 Å². The fourth-order valence-corrected chi connectivity index (χ4v) is 1.93. The number of benzene rings is 1. The van der Waals surface area contributed by atoms with E-state index < -0.39 is 0 Å². The van der Waals surface area contributed by atoms with Crippen LogP contribution in [-0.2, 0) is 0 Å². The van der Waals surface area contributed by atoms with Crippen LogP contribution in [0, 0.1) is 0 Å². The summed E-state index contributed by atoms with van der Waals surface area (Å²) in [6.07, 6.45) is 2.91. The number of nitrogens with zero attached hydrogens (tertiary/aromatic N) is 4. The van der Waals surface area contributed by atoms with Gasteiger partial charge >= 0.3 is 0 Å². The van der Waals surface area contributed by atoms with Crippen molar-refractivity contribution >= 4 is 28.1 Å². The highest BCUT2D eigenvalue weighted by Crippen LogP contribution is 2.23. The zero-order chi connectivity index (χ0) is 14.7. The van der Waals surface area contributed by atoms with Crippen LogP contribution in [0.5, 0.6) is 0 Å². The first-order valence-corrected chi connectivity index (χ1v) is 6.81. The van der Waals surface area contributed by atoms with Crippen LogP contribution in [0.25, 0.3) is 11.3 Å². The number of nitrogens with two attached hydrogens (primary N) is 1. The Morgan fingerprint density at radius 3 is 2.76 bits per heavy atom. The molecule has 106 valence electrons. The smallest absolute Gasteiger partial charge is 0.263 e. The molecule has 2 heterocycles. The molecule has 0 saturated heterocycles. The van der Waals surface area contributed by atoms with E-state index in [9.17, 15) is 0 Å². The number of aromatic nitrogens is 3. The highest BCUT2D eigenvalue weighted by Gasteiger charge is 2.03. The Balaban J connectivity index is 1.70. The molecule has 0 bridgehead atoms. The number of rotatable bonds is 4. The molecule has 3 aromatic rings. The largest absolute Gasteiger partial charge is 0.455 e. The summed E-state index contributed by atoms with van der Waals surface area (Å²) in [7, 11) is 0. The number of nitrogens with one attached hydrogen (secondary N) is 1. The second-order valence-corrected chi connectivity index (χ2v) is 5.06. The third-order valence-corrected chi connectivity index (χ3v) is 3.21. The number of furan rings is 1. The lowest BCUT2D eigenvalue weighted by molar-refractivity contribution is 0.575. The van der Waals surface area contributed by atoms with Crippen LogP contribution in [0.1, 0.15) is 5.76 Å². The van der Waals surface area contributed by atoms with E-state index in [1.54, 1.807) is 0 Å². The molecule has 3 rings (SSSR count). The number of nitrogen functional groups attached to an aromatic ring is 1. The minimum atomic E-state index is 0.339. The van der Waals surface area contributed by atoms with Gasteiger partial charge in [0.25, 0.3) is 5.95 Å². The molecule has 0 fully saturated rings. The molecule has 0 aliphatic heterocycles. The third-order valence-electron chi connectivity index (χ3n) is 2.68. The summed E-state index contributed by atoms with van der Waals surface area (Å²) < 4.78 is 7.93. The maximum Gasteiger partial charge on any atom is 0.263 e. The normalized spacial score (nSPS) is 11.1. The van der Waals surface area contributed by atoms with Gasteiger partial charge in [-0.3, -0.25) is 0 Å².